The summed E-state index contributed by atoms with van der Waals surface area (Å²) in [7, 11) is 0. The van der Waals surface area contributed by atoms with E-state index in [-0.39, 0.29) is 4.70 Å². The van der Waals surface area contributed by atoms with Crippen LogP contribution < -0.4 is 0 Å². The van der Waals surface area contributed by atoms with E-state index in [0.717, 1.165) is 12.1 Å². The van der Waals surface area contributed by atoms with Crippen LogP contribution in [0.15, 0.2) is 18.2 Å². The Kier molecular flexibility index (Phi) is 3.46. The molecule has 0 saturated carbocycles. The molecule has 0 spiro atoms. The number of nitro benzene ring substituents is 2. The predicted octanol–water partition coefficient (Wildman–Crippen LogP) is 1.36. The fourth-order valence-electron chi connectivity index (χ4n) is 0.854. The Morgan fingerprint density at radius 3 is 2.07 bits per heavy atom. The first-order chi connectivity index (χ1) is 6.04. The first-order valence-corrected chi connectivity index (χ1v) is 3.15. The molecule has 1 aromatic carbocycles. The lowest BCUT2D eigenvalue weighted by Gasteiger charge is -1.95. The van der Waals surface area contributed by atoms with Crippen LogP contribution in [0.2, 0.25) is 0 Å². The lowest BCUT2D eigenvalue weighted by Crippen LogP contribution is -1.96. The minimum absolute atomic E-state index is 0. The number of rotatable bonds is 2. The van der Waals surface area contributed by atoms with Gasteiger partial charge in [0.1, 0.15) is 0 Å². The number of halogens is 1. The fourth-order valence-corrected chi connectivity index (χ4v) is 0.854. The fraction of sp³-hybridized carbons (Fsp3) is 0. The number of nitro groups is 2. The number of phenols is 1. The monoisotopic (exact) mass is 204 g/mol. The van der Waals surface area contributed by atoms with Gasteiger partial charge in [-0.3, -0.25) is 24.9 Å². The summed E-state index contributed by atoms with van der Waals surface area (Å²) in [5.74, 6) is -0.709. The molecule has 0 saturated heterocycles. The highest BCUT2D eigenvalue weighted by Crippen LogP contribution is 2.34. The van der Waals surface area contributed by atoms with Crippen molar-refractivity contribution in [2.75, 3.05) is 0 Å². The van der Waals surface area contributed by atoms with Gasteiger partial charge < -0.3 is 5.11 Å². The zero-order valence-corrected chi connectivity index (χ0v) is 6.61. The molecule has 0 unspecified atom stereocenters. The highest BCUT2D eigenvalue weighted by Gasteiger charge is 2.27. The van der Waals surface area contributed by atoms with Crippen LogP contribution in [0.25, 0.3) is 0 Å². The van der Waals surface area contributed by atoms with Gasteiger partial charge in [-0.1, -0.05) is 6.07 Å². The number of benzene rings is 1. The van der Waals surface area contributed by atoms with Crippen molar-refractivity contribution in [3.05, 3.63) is 38.4 Å². The van der Waals surface area contributed by atoms with Gasteiger partial charge in [-0.2, -0.15) is 0 Å². The highest BCUT2D eigenvalue weighted by molar-refractivity contribution is 5.60. The second-order valence-corrected chi connectivity index (χ2v) is 2.16. The summed E-state index contributed by atoms with van der Waals surface area (Å²) in [6.45, 7) is 0. The van der Waals surface area contributed by atoms with E-state index in [4.69, 9.17) is 5.11 Å². The molecule has 0 heterocycles. The van der Waals surface area contributed by atoms with E-state index >= 15 is 0 Å². The summed E-state index contributed by atoms with van der Waals surface area (Å²) in [5, 5.41) is 29.5. The van der Waals surface area contributed by atoms with Gasteiger partial charge >= 0.3 is 11.4 Å². The Morgan fingerprint density at radius 1 is 1.14 bits per heavy atom. The second-order valence-electron chi connectivity index (χ2n) is 2.16. The molecule has 1 N–H and O–H groups in total. The van der Waals surface area contributed by atoms with E-state index in [0.29, 0.717) is 0 Å². The summed E-state index contributed by atoms with van der Waals surface area (Å²) in [6.07, 6.45) is 0. The number of aromatic hydroxyl groups is 1. The third-order valence-corrected chi connectivity index (χ3v) is 1.37. The molecule has 0 aliphatic rings. The van der Waals surface area contributed by atoms with Crippen molar-refractivity contribution in [3.8, 4) is 5.75 Å². The first kappa shape index (κ1) is 11.8. The van der Waals surface area contributed by atoms with Crippen molar-refractivity contribution in [3.63, 3.8) is 0 Å². The Morgan fingerprint density at radius 2 is 1.71 bits per heavy atom. The molecule has 0 aliphatic heterocycles. The van der Waals surface area contributed by atoms with Gasteiger partial charge in [0.2, 0.25) is 5.75 Å². The van der Waals surface area contributed by atoms with Gasteiger partial charge in [-0.15, -0.1) is 0 Å². The maximum Gasteiger partial charge on any atom is 0.387 e. The number of hydrogen-bond acceptors (Lipinski definition) is 5. The Balaban J connectivity index is 0.00000169. The van der Waals surface area contributed by atoms with E-state index < -0.39 is 27.0 Å². The zero-order valence-electron chi connectivity index (χ0n) is 6.61. The summed E-state index contributed by atoms with van der Waals surface area (Å²) < 4.78 is 0. The molecular weight excluding hydrogens is 199 g/mol. The van der Waals surface area contributed by atoms with Gasteiger partial charge in [0.25, 0.3) is 0 Å². The molecule has 0 fully saturated rings. The third kappa shape index (κ3) is 1.91. The van der Waals surface area contributed by atoms with Crippen LogP contribution >= 0.6 is 0 Å². The van der Waals surface area contributed by atoms with E-state index in [1.807, 2.05) is 0 Å². The molecule has 76 valence electrons. The van der Waals surface area contributed by atoms with Crippen LogP contribution in [-0.2, 0) is 0 Å². The van der Waals surface area contributed by atoms with E-state index in [1.54, 1.807) is 0 Å². The van der Waals surface area contributed by atoms with Crippen molar-refractivity contribution >= 4 is 11.4 Å². The van der Waals surface area contributed by atoms with Crippen molar-refractivity contribution in [2.24, 2.45) is 0 Å². The van der Waals surface area contributed by atoms with Gasteiger partial charge in [0.15, 0.2) is 0 Å². The second kappa shape index (κ2) is 4.12. The number of nitrogens with zero attached hydrogens (tertiary/aromatic N) is 2. The van der Waals surface area contributed by atoms with E-state index in [1.165, 1.54) is 6.07 Å². The number of phenolic OH excluding ortho intramolecular Hbond substituents is 1. The van der Waals surface area contributed by atoms with Crippen molar-refractivity contribution in [2.45, 2.75) is 0 Å². The highest BCUT2D eigenvalue weighted by atomic mass is 19.0. The first-order valence-electron chi connectivity index (χ1n) is 3.15. The minimum Gasteiger partial charge on any atom is -0.502 e. The lowest BCUT2D eigenvalue weighted by molar-refractivity contribution is -0.423. The number of para-hydroxylation sites is 1. The average Bonchev–Trinajstić information content (AvgIpc) is 2.02. The SMILES string of the molecule is F.O=[N+]([O-])c1cccc(O)c1[N+](=O)[O-]. The maximum absolute atomic E-state index is 10.3. The largest absolute Gasteiger partial charge is 0.502 e. The summed E-state index contributed by atoms with van der Waals surface area (Å²) in [4.78, 5) is 18.6. The van der Waals surface area contributed by atoms with Crippen LogP contribution in [0.1, 0.15) is 0 Å². The molecule has 0 aromatic heterocycles. The molecule has 0 atom stereocenters. The lowest BCUT2D eigenvalue weighted by atomic mass is 10.2. The van der Waals surface area contributed by atoms with Crippen LogP contribution in [-0.4, -0.2) is 15.0 Å². The van der Waals surface area contributed by atoms with Gasteiger partial charge in [-0.25, -0.2) is 0 Å². The summed E-state index contributed by atoms with van der Waals surface area (Å²) in [5.41, 5.74) is -1.60. The molecule has 1 aromatic rings. The van der Waals surface area contributed by atoms with Crippen LogP contribution in [0, 0.1) is 20.2 Å². The van der Waals surface area contributed by atoms with Gasteiger partial charge in [-0.05, 0) is 6.07 Å². The summed E-state index contributed by atoms with van der Waals surface area (Å²) >= 11 is 0. The van der Waals surface area contributed by atoms with Crippen molar-refractivity contribution in [1.82, 2.24) is 0 Å². The molecule has 8 heteroatoms. The zero-order chi connectivity index (χ0) is 10.0. The molecule has 7 nitrogen and oxygen atoms in total. The van der Waals surface area contributed by atoms with Crippen LogP contribution in [0.4, 0.5) is 16.1 Å². The molecule has 14 heavy (non-hydrogen) atoms. The normalized spacial score (nSPS) is 8.86. The molecule has 0 amide bonds. The van der Waals surface area contributed by atoms with E-state index in [9.17, 15) is 20.2 Å². The standard InChI is InChI=1S/C6H4N2O5.FH/c9-5-3-1-2-4(7(10)11)6(5)8(12)13;/h1-3,9H;1H. The molecule has 0 radical (unpaired) electrons. The maximum atomic E-state index is 10.3. The third-order valence-electron chi connectivity index (χ3n) is 1.37. The van der Waals surface area contributed by atoms with Gasteiger partial charge in [0.05, 0.1) is 9.85 Å². The quantitative estimate of drug-likeness (QED) is 0.578. The molecule has 1 rings (SSSR count). The van der Waals surface area contributed by atoms with E-state index in [2.05, 4.69) is 0 Å². The molecule has 0 bridgehead atoms. The van der Waals surface area contributed by atoms with Crippen LogP contribution in [0.3, 0.4) is 0 Å². The molecular formula is C6H5FN2O5. The van der Waals surface area contributed by atoms with Gasteiger partial charge in [0, 0.05) is 6.07 Å². The number of hydrogen-bond donors (Lipinski definition) is 1. The molecule has 0 aliphatic carbocycles. The average molecular weight is 204 g/mol. The van der Waals surface area contributed by atoms with Crippen molar-refractivity contribution in [1.29, 1.82) is 0 Å². The minimum atomic E-state index is -0.993. The smallest absolute Gasteiger partial charge is 0.387 e. The Labute approximate surface area is 76.3 Å². The topological polar surface area (TPSA) is 107 Å². The Bertz CT molecular complexity index is 380. The Hall–Kier alpha value is -2.25. The van der Waals surface area contributed by atoms with Crippen LogP contribution in [0.5, 0.6) is 5.75 Å². The van der Waals surface area contributed by atoms with Crippen molar-refractivity contribution < 1.29 is 19.7 Å². The predicted molar refractivity (Wildman–Crippen MR) is 43.9 cm³/mol. The summed E-state index contributed by atoms with van der Waals surface area (Å²) in [6, 6.07) is 3.14.